The molecule has 1 unspecified atom stereocenters. The summed E-state index contributed by atoms with van der Waals surface area (Å²) in [5, 5.41) is 4.43. The lowest BCUT2D eigenvalue weighted by molar-refractivity contribution is -0.130. The lowest BCUT2D eigenvalue weighted by atomic mass is 9.94. The van der Waals surface area contributed by atoms with Crippen molar-refractivity contribution in [2.24, 2.45) is 5.92 Å². The van der Waals surface area contributed by atoms with Gasteiger partial charge in [0.15, 0.2) is 0 Å². The first-order chi connectivity index (χ1) is 13.6. The van der Waals surface area contributed by atoms with Crippen molar-refractivity contribution in [3.05, 3.63) is 52.8 Å². The highest BCUT2D eigenvalue weighted by Crippen LogP contribution is 2.37. The third-order valence-corrected chi connectivity index (χ3v) is 6.19. The molecule has 2 atom stereocenters. The van der Waals surface area contributed by atoms with E-state index in [-0.39, 0.29) is 31.0 Å². The lowest BCUT2D eigenvalue weighted by Gasteiger charge is -2.26. The van der Waals surface area contributed by atoms with Crippen LogP contribution in [0, 0.1) is 5.92 Å². The molecule has 0 N–H and O–H groups in total. The topological polar surface area (TPSA) is 64.4 Å². The van der Waals surface area contributed by atoms with E-state index in [0.717, 1.165) is 22.9 Å². The number of carbonyl (C=O) groups is 2. The predicted molar refractivity (Wildman–Crippen MR) is 108 cm³/mol. The Bertz CT molecular complexity index is 832. The van der Waals surface area contributed by atoms with Crippen LogP contribution < -0.4 is 0 Å². The van der Waals surface area contributed by atoms with E-state index in [4.69, 9.17) is 4.74 Å². The second kappa shape index (κ2) is 8.47. The Morgan fingerprint density at radius 2 is 2.00 bits per heavy atom. The van der Waals surface area contributed by atoms with Crippen LogP contribution in [0.2, 0.25) is 0 Å². The molecule has 2 heterocycles. The third-order valence-electron chi connectivity index (χ3n) is 5.78. The Balaban J connectivity index is 1.51. The normalized spacial score (nSPS) is 21.1. The number of carbonyl (C=O) groups excluding carboxylic acids is 2. The first-order valence-electron chi connectivity index (χ1n) is 9.84. The maximum absolute atomic E-state index is 13.2. The zero-order valence-corrected chi connectivity index (χ0v) is 17.3. The number of hydrogen-bond acceptors (Lipinski definition) is 4. The fraction of sp³-hybridized carbons (Fsp3) is 0.476. The largest absolute Gasteiger partial charge is 0.447 e. The summed E-state index contributed by atoms with van der Waals surface area (Å²) in [6, 6.07) is 9.61. The second-order valence-electron chi connectivity index (χ2n) is 7.64. The molecule has 1 aromatic carbocycles. The molecule has 2 aliphatic rings. The highest BCUT2D eigenvalue weighted by Gasteiger charge is 2.40. The monoisotopic (exact) mass is 445 g/mol. The number of aromatic nitrogens is 2. The van der Waals surface area contributed by atoms with Crippen molar-refractivity contribution >= 4 is 27.9 Å². The van der Waals surface area contributed by atoms with E-state index in [2.05, 4.69) is 21.0 Å². The van der Waals surface area contributed by atoms with Gasteiger partial charge in [-0.3, -0.25) is 9.48 Å². The number of benzene rings is 1. The number of nitrogens with zero attached hydrogens (tertiary/aromatic N) is 3. The van der Waals surface area contributed by atoms with Gasteiger partial charge in [0, 0.05) is 6.20 Å². The van der Waals surface area contributed by atoms with Gasteiger partial charge in [-0.05, 0) is 46.7 Å². The standard InChI is InChI=1S/C21H24BrN3O3/c22-17-12-23-24(13-17)19(16-8-4-5-9-16)11-20(26)25-18(14-28-21(25)27)10-15-6-2-1-3-7-15/h1-3,6-7,12-13,16,18-19H,4-5,8-11,14H2/t18-,19?/m1/s1. The molecule has 0 bridgehead atoms. The van der Waals surface area contributed by atoms with Gasteiger partial charge in [-0.1, -0.05) is 43.2 Å². The molecule has 7 heteroatoms. The Kier molecular flexibility index (Phi) is 5.80. The van der Waals surface area contributed by atoms with Gasteiger partial charge in [-0.25, -0.2) is 9.69 Å². The molecule has 148 valence electrons. The summed E-state index contributed by atoms with van der Waals surface area (Å²) in [6.45, 7) is 0.251. The average molecular weight is 446 g/mol. The Labute approximate surface area is 173 Å². The van der Waals surface area contributed by atoms with Crippen LogP contribution in [0.1, 0.15) is 43.7 Å². The minimum atomic E-state index is -0.530. The molecule has 1 aliphatic heterocycles. The Hall–Kier alpha value is -2.15. The average Bonchev–Trinajstić information content (AvgIpc) is 3.43. The number of rotatable bonds is 6. The summed E-state index contributed by atoms with van der Waals surface area (Å²) in [5.41, 5.74) is 1.09. The summed E-state index contributed by atoms with van der Waals surface area (Å²) in [7, 11) is 0. The smallest absolute Gasteiger partial charge is 0.416 e. The number of halogens is 1. The Morgan fingerprint density at radius 1 is 1.25 bits per heavy atom. The second-order valence-corrected chi connectivity index (χ2v) is 8.55. The van der Waals surface area contributed by atoms with E-state index in [9.17, 15) is 9.59 Å². The lowest BCUT2D eigenvalue weighted by Crippen LogP contribution is -2.41. The number of hydrogen-bond donors (Lipinski definition) is 0. The van der Waals surface area contributed by atoms with E-state index < -0.39 is 6.09 Å². The summed E-state index contributed by atoms with van der Waals surface area (Å²) >= 11 is 3.44. The van der Waals surface area contributed by atoms with Crippen molar-refractivity contribution < 1.29 is 14.3 Å². The van der Waals surface area contributed by atoms with Gasteiger partial charge in [-0.15, -0.1) is 0 Å². The van der Waals surface area contributed by atoms with Crippen LogP contribution in [0.5, 0.6) is 0 Å². The molecule has 28 heavy (non-hydrogen) atoms. The van der Waals surface area contributed by atoms with Crippen molar-refractivity contribution in [1.29, 1.82) is 0 Å². The summed E-state index contributed by atoms with van der Waals surface area (Å²) in [4.78, 5) is 26.8. The van der Waals surface area contributed by atoms with Crippen LogP contribution in [-0.4, -0.2) is 39.3 Å². The Morgan fingerprint density at radius 3 is 2.68 bits per heavy atom. The summed E-state index contributed by atoms with van der Waals surface area (Å²) in [5.74, 6) is 0.230. The van der Waals surface area contributed by atoms with E-state index in [1.807, 2.05) is 41.2 Å². The van der Waals surface area contributed by atoms with Gasteiger partial charge < -0.3 is 4.74 Å². The first-order valence-corrected chi connectivity index (χ1v) is 10.6. The molecule has 1 aromatic heterocycles. The van der Waals surface area contributed by atoms with E-state index in [1.165, 1.54) is 17.7 Å². The minimum absolute atomic E-state index is 0.0351. The molecule has 6 nitrogen and oxygen atoms in total. The molecule has 2 aromatic rings. The van der Waals surface area contributed by atoms with Crippen LogP contribution in [0.15, 0.2) is 47.2 Å². The predicted octanol–water partition coefficient (Wildman–Crippen LogP) is 4.36. The van der Waals surface area contributed by atoms with Gasteiger partial charge in [0.2, 0.25) is 5.91 Å². The van der Waals surface area contributed by atoms with Crippen molar-refractivity contribution in [2.75, 3.05) is 6.61 Å². The third kappa shape index (κ3) is 4.14. The number of amides is 2. The van der Waals surface area contributed by atoms with Crippen LogP contribution in [0.3, 0.4) is 0 Å². The zero-order chi connectivity index (χ0) is 19.5. The van der Waals surface area contributed by atoms with Gasteiger partial charge >= 0.3 is 6.09 Å². The molecule has 1 saturated heterocycles. The fourth-order valence-electron chi connectivity index (χ4n) is 4.39. The van der Waals surface area contributed by atoms with Crippen molar-refractivity contribution in [2.45, 2.75) is 50.6 Å². The molecule has 2 fully saturated rings. The fourth-order valence-corrected chi connectivity index (χ4v) is 4.70. The summed E-state index contributed by atoms with van der Waals surface area (Å²) < 4.78 is 8.00. The van der Waals surface area contributed by atoms with Crippen molar-refractivity contribution in [3.8, 4) is 0 Å². The molecule has 4 rings (SSSR count). The molecule has 1 saturated carbocycles. The van der Waals surface area contributed by atoms with Gasteiger partial charge in [-0.2, -0.15) is 5.10 Å². The summed E-state index contributed by atoms with van der Waals surface area (Å²) in [6.07, 6.45) is 8.55. The molecular formula is C21H24BrN3O3. The van der Waals surface area contributed by atoms with Crippen LogP contribution in [-0.2, 0) is 16.0 Å². The minimum Gasteiger partial charge on any atom is -0.447 e. The van der Waals surface area contributed by atoms with Crippen LogP contribution in [0.4, 0.5) is 4.79 Å². The van der Waals surface area contributed by atoms with Crippen LogP contribution >= 0.6 is 15.9 Å². The van der Waals surface area contributed by atoms with Gasteiger partial charge in [0.25, 0.3) is 0 Å². The van der Waals surface area contributed by atoms with Crippen molar-refractivity contribution in [1.82, 2.24) is 14.7 Å². The number of cyclic esters (lactones) is 1. The maximum atomic E-state index is 13.2. The number of imide groups is 1. The highest BCUT2D eigenvalue weighted by molar-refractivity contribution is 9.10. The molecule has 0 spiro atoms. The van der Waals surface area contributed by atoms with Crippen LogP contribution in [0.25, 0.3) is 0 Å². The van der Waals surface area contributed by atoms with Gasteiger partial charge in [0.1, 0.15) is 6.61 Å². The highest BCUT2D eigenvalue weighted by atomic mass is 79.9. The molecule has 1 aliphatic carbocycles. The quantitative estimate of drug-likeness (QED) is 0.662. The molecule has 0 radical (unpaired) electrons. The van der Waals surface area contributed by atoms with E-state index in [1.54, 1.807) is 6.20 Å². The van der Waals surface area contributed by atoms with E-state index >= 15 is 0 Å². The SMILES string of the molecule is O=C(CC(C1CCCC1)n1cc(Br)cn1)N1C(=O)OC[C@H]1Cc1ccccc1. The van der Waals surface area contributed by atoms with Gasteiger partial charge in [0.05, 0.1) is 29.2 Å². The van der Waals surface area contributed by atoms with Crippen molar-refractivity contribution in [3.63, 3.8) is 0 Å². The molecular weight excluding hydrogens is 422 g/mol. The number of ether oxygens (including phenoxy) is 1. The zero-order valence-electron chi connectivity index (χ0n) is 15.7. The van der Waals surface area contributed by atoms with E-state index in [0.29, 0.717) is 12.3 Å². The maximum Gasteiger partial charge on any atom is 0.416 e. The first kappa shape index (κ1) is 19.2. The molecule has 2 amide bonds.